The van der Waals surface area contributed by atoms with Crippen molar-refractivity contribution < 1.29 is 4.74 Å². The summed E-state index contributed by atoms with van der Waals surface area (Å²) in [6, 6.07) is 18.9. The molecule has 6 heteroatoms. The van der Waals surface area contributed by atoms with Gasteiger partial charge >= 0.3 is 0 Å². The van der Waals surface area contributed by atoms with Gasteiger partial charge < -0.3 is 9.64 Å². The van der Waals surface area contributed by atoms with E-state index in [1.54, 1.807) is 11.3 Å². The highest BCUT2D eigenvalue weighted by atomic mass is 32.1. The van der Waals surface area contributed by atoms with E-state index in [9.17, 15) is 0 Å². The zero-order valence-electron chi connectivity index (χ0n) is 20.7. The molecule has 5 rings (SSSR count). The van der Waals surface area contributed by atoms with Gasteiger partial charge in [0, 0.05) is 43.2 Å². The summed E-state index contributed by atoms with van der Waals surface area (Å²) in [5.74, 6) is 2.80. The minimum Gasteiger partial charge on any atom is -0.494 e. The first-order valence-corrected chi connectivity index (χ1v) is 13.1. The van der Waals surface area contributed by atoms with Gasteiger partial charge in [0.1, 0.15) is 22.2 Å². The molecule has 0 atom stereocenters. The van der Waals surface area contributed by atoms with Gasteiger partial charge in [-0.15, -0.1) is 11.3 Å². The quantitative estimate of drug-likeness (QED) is 0.312. The average molecular weight is 485 g/mol. The Morgan fingerprint density at radius 1 is 0.943 bits per heavy atom. The molecule has 2 aromatic carbocycles. The van der Waals surface area contributed by atoms with Gasteiger partial charge in [0.25, 0.3) is 0 Å². The van der Waals surface area contributed by atoms with Crippen LogP contribution in [0.4, 0.5) is 5.82 Å². The summed E-state index contributed by atoms with van der Waals surface area (Å²) >= 11 is 1.76. The third-order valence-corrected chi connectivity index (χ3v) is 7.42. The second-order valence-electron chi connectivity index (χ2n) is 8.87. The monoisotopic (exact) mass is 484 g/mol. The van der Waals surface area contributed by atoms with Crippen LogP contribution in [0.3, 0.4) is 0 Å². The lowest BCUT2D eigenvalue weighted by atomic mass is 10.0. The number of fused-ring (bicyclic) bond motifs is 1. The predicted molar refractivity (Wildman–Crippen MR) is 148 cm³/mol. The normalized spacial score (nSPS) is 14.8. The fourth-order valence-electron chi connectivity index (χ4n) is 4.70. The maximum absolute atomic E-state index is 5.65. The van der Waals surface area contributed by atoms with Gasteiger partial charge in [-0.25, -0.2) is 9.97 Å². The Morgan fingerprint density at radius 3 is 2.40 bits per heavy atom. The van der Waals surface area contributed by atoms with Gasteiger partial charge in [0.2, 0.25) is 0 Å². The third kappa shape index (κ3) is 5.24. The molecule has 5 nitrogen and oxygen atoms in total. The van der Waals surface area contributed by atoms with Crippen LogP contribution in [0.15, 0.2) is 60.7 Å². The first-order valence-electron chi connectivity index (χ1n) is 12.3. The van der Waals surface area contributed by atoms with E-state index in [2.05, 4.69) is 83.5 Å². The van der Waals surface area contributed by atoms with Crippen LogP contribution in [0, 0.1) is 13.8 Å². The van der Waals surface area contributed by atoms with Gasteiger partial charge in [-0.3, -0.25) is 4.90 Å². The Labute approximate surface area is 211 Å². The van der Waals surface area contributed by atoms with Crippen molar-refractivity contribution in [3.8, 4) is 16.9 Å². The van der Waals surface area contributed by atoms with Gasteiger partial charge in [-0.1, -0.05) is 54.6 Å². The minimum absolute atomic E-state index is 0.672. The maximum Gasteiger partial charge on any atom is 0.141 e. The largest absolute Gasteiger partial charge is 0.494 e. The highest BCUT2D eigenvalue weighted by Crippen LogP contribution is 2.42. The van der Waals surface area contributed by atoms with Crippen LogP contribution >= 0.6 is 11.3 Å². The minimum atomic E-state index is 0.672. The highest BCUT2D eigenvalue weighted by molar-refractivity contribution is 7.19. The summed E-state index contributed by atoms with van der Waals surface area (Å²) in [5, 5.41) is 1.18. The molecule has 180 valence electrons. The first-order chi connectivity index (χ1) is 17.1. The van der Waals surface area contributed by atoms with Crippen molar-refractivity contribution >= 4 is 33.4 Å². The van der Waals surface area contributed by atoms with Gasteiger partial charge in [-0.2, -0.15) is 0 Å². The van der Waals surface area contributed by atoms with Crippen molar-refractivity contribution in [3.63, 3.8) is 0 Å². The van der Waals surface area contributed by atoms with Crippen LogP contribution in [0.1, 0.15) is 23.2 Å². The zero-order chi connectivity index (χ0) is 24.2. The molecule has 1 aliphatic heterocycles. The summed E-state index contributed by atoms with van der Waals surface area (Å²) in [6.07, 6.45) is 4.48. The number of ether oxygens (including phenoxy) is 1. The standard InChI is InChI=1S/C29H32N4OS/c1-4-34-25-14-12-24(13-15-25)26-21(2)35-29-27(26)28(30-22(3)31-29)33-19-17-32(18-20-33)16-8-11-23-9-6-5-7-10-23/h5-15H,4,16-20H2,1-3H3/b11-8+. The van der Waals surface area contributed by atoms with Gasteiger partial charge in [0.15, 0.2) is 0 Å². The molecule has 4 aromatic rings. The molecule has 1 aliphatic rings. The number of benzene rings is 2. The maximum atomic E-state index is 5.65. The van der Waals surface area contributed by atoms with Gasteiger partial charge in [-0.05, 0) is 44.0 Å². The van der Waals surface area contributed by atoms with Crippen LogP contribution < -0.4 is 9.64 Å². The summed E-state index contributed by atoms with van der Waals surface area (Å²) in [5.41, 5.74) is 3.69. The molecule has 0 saturated carbocycles. The molecule has 0 bridgehead atoms. The van der Waals surface area contributed by atoms with Crippen molar-refractivity contribution in [2.24, 2.45) is 0 Å². The molecule has 2 aromatic heterocycles. The van der Waals surface area contributed by atoms with Crippen LogP contribution in [0.2, 0.25) is 0 Å². The van der Waals surface area contributed by atoms with E-state index in [4.69, 9.17) is 14.7 Å². The second kappa shape index (κ2) is 10.6. The van der Waals surface area contributed by atoms with E-state index in [0.29, 0.717) is 6.61 Å². The highest BCUT2D eigenvalue weighted by Gasteiger charge is 2.24. The number of aryl methyl sites for hydroxylation is 2. The SMILES string of the molecule is CCOc1ccc(-c2c(C)sc3nc(C)nc(N4CCN(C/C=C/c5ccccc5)CC4)c23)cc1. The van der Waals surface area contributed by atoms with Crippen LogP contribution in [0.25, 0.3) is 27.4 Å². The molecule has 0 spiro atoms. The van der Waals surface area contributed by atoms with E-state index in [0.717, 1.165) is 54.9 Å². The Balaban J connectivity index is 1.37. The van der Waals surface area contributed by atoms with Crippen molar-refractivity contribution in [2.45, 2.75) is 20.8 Å². The van der Waals surface area contributed by atoms with Crippen LogP contribution in [-0.4, -0.2) is 54.2 Å². The van der Waals surface area contributed by atoms with Crippen LogP contribution in [-0.2, 0) is 0 Å². The summed E-state index contributed by atoms with van der Waals surface area (Å²) in [6.45, 7) is 11.8. The fraction of sp³-hybridized carbons (Fsp3) is 0.310. The van der Waals surface area contributed by atoms with E-state index < -0.39 is 0 Å². The molecule has 0 aliphatic carbocycles. The number of piperazine rings is 1. The number of nitrogens with zero attached hydrogens (tertiary/aromatic N) is 4. The molecule has 3 heterocycles. The Kier molecular flexibility index (Phi) is 7.11. The molecular weight excluding hydrogens is 452 g/mol. The fourth-order valence-corrected chi connectivity index (χ4v) is 5.79. The number of thiophene rings is 1. The third-order valence-electron chi connectivity index (χ3n) is 6.42. The number of rotatable bonds is 7. The smallest absolute Gasteiger partial charge is 0.141 e. The van der Waals surface area contributed by atoms with E-state index in [1.165, 1.54) is 27.0 Å². The lowest BCUT2D eigenvalue weighted by Crippen LogP contribution is -2.46. The Morgan fingerprint density at radius 2 is 1.69 bits per heavy atom. The second-order valence-corrected chi connectivity index (χ2v) is 10.1. The van der Waals surface area contributed by atoms with Crippen molar-refractivity contribution in [2.75, 3.05) is 44.2 Å². The molecule has 0 amide bonds. The molecule has 1 saturated heterocycles. The van der Waals surface area contributed by atoms with Crippen molar-refractivity contribution in [3.05, 3.63) is 76.9 Å². The number of hydrogen-bond donors (Lipinski definition) is 0. The molecule has 0 N–H and O–H groups in total. The van der Waals surface area contributed by atoms with Crippen LogP contribution in [0.5, 0.6) is 5.75 Å². The van der Waals surface area contributed by atoms with E-state index in [-0.39, 0.29) is 0 Å². The molecule has 1 fully saturated rings. The topological polar surface area (TPSA) is 41.5 Å². The molecule has 0 unspecified atom stereocenters. The Bertz CT molecular complexity index is 1310. The first kappa shape index (κ1) is 23.5. The Hall–Kier alpha value is -3.22. The van der Waals surface area contributed by atoms with Gasteiger partial charge in [0.05, 0.1) is 12.0 Å². The summed E-state index contributed by atoms with van der Waals surface area (Å²) < 4.78 is 5.65. The van der Waals surface area contributed by atoms with Crippen molar-refractivity contribution in [1.82, 2.24) is 14.9 Å². The molecule has 35 heavy (non-hydrogen) atoms. The summed E-state index contributed by atoms with van der Waals surface area (Å²) in [4.78, 5) is 17.1. The van der Waals surface area contributed by atoms with E-state index in [1.807, 2.05) is 13.8 Å². The number of hydrogen-bond acceptors (Lipinski definition) is 6. The number of anilines is 1. The predicted octanol–water partition coefficient (Wildman–Crippen LogP) is 6.21. The average Bonchev–Trinajstić information content (AvgIpc) is 3.21. The van der Waals surface area contributed by atoms with E-state index >= 15 is 0 Å². The zero-order valence-corrected chi connectivity index (χ0v) is 21.5. The molecular formula is C29H32N4OS. The summed E-state index contributed by atoms with van der Waals surface area (Å²) in [7, 11) is 0. The lowest BCUT2D eigenvalue weighted by molar-refractivity contribution is 0.284. The van der Waals surface area contributed by atoms with Crippen molar-refractivity contribution in [1.29, 1.82) is 0 Å². The number of aromatic nitrogens is 2. The lowest BCUT2D eigenvalue weighted by Gasteiger charge is -2.35. The molecule has 0 radical (unpaired) electrons.